The number of hydrogen-bond donors (Lipinski definition) is 1. The summed E-state index contributed by atoms with van der Waals surface area (Å²) in [6, 6.07) is 0. The average molecular weight is 280 g/mol. The Bertz CT molecular complexity index is 418. The fraction of sp³-hybridized carbons (Fsp3) is 0.824. The van der Waals surface area contributed by atoms with E-state index in [0.29, 0.717) is 11.8 Å². The van der Waals surface area contributed by atoms with E-state index in [1.807, 2.05) is 13.8 Å². The first kappa shape index (κ1) is 15.6. The van der Waals surface area contributed by atoms with Gasteiger partial charge in [0.25, 0.3) is 0 Å². The fourth-order valence-corrected chi connectivity index (χ4v) is 4.15. The molecule has 4 atom stereocenters. The summed E-state index contributed by atoms with van der Waals surface area (Å²) in [4.78, 5) is 11.4. The zero-order valence-corrected chi connectivity index (χ0v) is 13.4. The molecule has 0 saturated heterocycles. The smallest absolute Gasteiger partial charge is 0.302 e. The molecule has 0 heterocycles. The summed E-state index contributed by atoms with van der Waals surface area (Å²) in [5.74, 6) is 0.540. The zero-order valence-electron chi connectivity index (χ0n) is 13.4. The van der Waals surface area contributed by atoms with Crippen molar-refractivity contribution >= 4 is 5.97 Å². The van der Waals surface area contributed by atoms with Crippen molar-refractivity contribution in [2.45, 2.75) is 72.0 Å². The number of rotatable bonds is 2. The molecule has 3 nitrogen and oxygen atoms in total. The predicted octanol–water partition coefficient (Wildman–Crippen LogP) is 3.46. The quantitative estimate of drug-likeness (QED) is 0.622. The molecule has 2 aliphatic carbocycles. The van der Waals surface area contributed by atoms with Crippen LogP contribution < -0.4 is 0 Å². The van der Waals surface area contributed by atoms with Gasteiger partial charge in [0.15, 0.2) is 0 Å². The van der Waals surface area contributed by atoms with E-state index in [4.69, 9.17) is 4.74 Å². The molecule has 1 fully saturated rings. The van der Waals surface area contributed by atoms with E-state index < -0.39 is 5.60 Å². The highest BCUT2D eigenvalue weighted by atomic mass is 16.5. The lowest BCUT2D eigenvalue weighted by Gasteiger charge is -2.52. The number of aliphatic hydroxyl groups is 1. The Morgan fingerprint density at radius 1 is 1.50 bits per heavy atom. The molecule has 0 aromatic rings. The molecule has 0 bridgehead atoms. The van der Waals surface area contributed by atoms with Crippen LogP contribution in [0, 0.1) is 17.3 Å². The molecule has 0 radical (unpaired) electrons. The van der Waals surface area contributed by atoms with E-state index in [2.05, 4.69) is 19.9 Å². The van der Waals surface area contributed by atoms with Gasteiger partial charge in [0, 0.05) is 18.8 Å². The minimum Gasteiger partial charge on any atom is -0.462 e. The molecule has 2 rings (SSSR count). The van der Waals surface area contributed by atoms with Gasteiger partial charge in [-0.15, -0.1) is 0 Å². The van der Waals surface area contributed by atoms with Gasteiger partial charge in [0.1, 0.15) is 6.10 Å². The lowest BCUT2D eigenvalue weighted by Crippen LogP contribution is -2.50. The second-order valence-corrected chi connectivity index (χ2v) is 7.47. The topological polar surface area (TPSA) is 46.5 Å². The van der Waals surface area contributed by atoms with Crippen LogP contribution in [0.25, 0.3) is 0 Å². The Kier molecular flexibility index (Phi) is 4.03. The van der Waals surface area contributed by atoms with Gasteiger partial charge < -0.3 is 9.84 Å². The monoisotopic (exact) mass is 280 g/mol. The second-order valence-electron chi connectivity index (χ2n) is 7.47. The van der Waals surface area contributed by atoms with E-state index in [0.717, 1.165) is 25.7 Å². The maximum atomic E-state index is 11.4. The van der Waals surface area contributed by atoms with Gasteiger partial charge in [-0.25, -0.2) is 0 Å². The van der Waals surface area contributed by atoms with Crippen molar-refractivity contribution in [3.63, 3.8) is 0 Å². The third-order valence-electron chi connectivity index (χ3n) is 5.59. The highest BCUT2D eigenvalue weighted by molar-refractivity contribution is 5.66. The van der Waals surface area contributed by atoms with Crippen LogP contribution in [0.3, 0.4) is 0 Å². The minimum atomic E-state index is -0.629. The first-order valence-corrected chi connectivity index (χ1v) is 7.71. The normalized spacial score (nSPS) is 37.9. The first-order valence-electron chi connectivity index (χ1n) is 7.71. The summed E-state index contributed by atoms with van der Waals surface area (Å²) >= 11 is 0. The van der Waals surface area contributed by atoms with Crippen LogP contribution in [0.4, 0.5) is 0 Å². The standard InChI is InChI=1S/C17H28O3/c1-11-6-7-15(20-12(2)18)17(5)9-8-13(10-14(11)17)16(3,4)19/h6,13-15,19H,7-10H2,1-5H3. The number of esters is 1. The lowest BCUT2D eigenvalue weighted by atomic mass is 9.55. The molecule has 4 unspecified atom stereocenters. The van der Waals surface area contributed by atoms with Gasteiger partial charge in [0.05, 0.1) is 5.60 Å². The van der Waals surface area contributed by atoms with Crippen molar-refractivity contribution in [1.29, 1.82) is 0 Å². The Balaban J connectivity index is 2.24. The van der Waals surface area contributed by atoms with Crippen LogP contribution >= 0.6 is 0 Å². The maximum absolute atomic E-state index is 11.4. The molecular weight excluding hydrogens is 252 g/mol. The van der Waals surface area contributed by atoms with Crippen LogP contribution in [0.1, 0.15) is 60.3 Å². The molecule has 20 heavy (non-hydrogen) atoms. The van der Waals surface area contributed by atoms with Crippen LogP contribution in [0.15, 0.2) is 11.6 Å². The van der Waals surface area contributed by atoms with Gasteiger partial charge >= 0.3 is 5.97 Å². The van der Waals surface area contributed by atoms with E-state index in [1.54, 1.807) is 0 Å². The number of fused-ring (bicyclic) bond motifs is 1. The molecule has 0 aromatic heterocycles. The molecule has 0 aromatic carbocycles. The van der Waals surface area contributed by atoms with Gasteiger partial charge in [-0.1, -0.05) is 18.6 Å². The maximum Gasteiger partial charge on any atom is 0.302 e. The summed E-state index contributed by atoms with van der Waals surface area (Å²) in [5, 5.41) is 10.3. The molecule has 0 spiro atoms. The number of allylic oxidation sites excluding steroid dienone is 1. The zero-order chi connectivity index (χ0) is 15.1. The van der Waals surface area contributed by atoms with Crippen molar-refractivity contribution in [2.75, 3.05) is 0 Å². The van der Waals surface area contributed by atoms with Gasteiger partial charge in [0.2, 0.25) is 0 Å². The molecule has 114 valence electrons. The lowest BCUT2D eigenvalue weighted by molar-refractivity contribution is -0.160. The predicted molar refractivity (Wildman–Crippen MR) is 79.2 cm³/mol. The first-order chi connectivity index (χ1) is 9.14. The summed E-state index contributed by atoms with van der Waals surface area (Å²) in [7, 11) is 0. The summed E-state index contributed by atoms with van der Waals surface area (Å²) in [5.41, 5.74) is 0.784. The van der Waals surface area contributed by atoms with Crippen molar-refractivity contribution in [3.05, 3.63) is 11.6 Å². The van der Waals surface area contributed by atoms with Crippen molar-refractivity contribution < 1.29 is 14.6 Å². The minimum absolute atomic E-state index is 0.0172. The van der Waals surface area contributed by atoms with E-state index in [9.17, 15) is 9.90 Å². The number of hydrogen-bond acceptors (Lipinski definition) is 3. The Labute approximate surface area is 122 Å². The Hall–Kier alpha value is -0.830. The average Bonchev–Trinajstić information content (AvgIpc) is 2.31. The summed E-state index contributed by atoms with van der Waals surface area (Å²) in [6.07, 6.45) is 6.02. The molecule has 3 heteroatoms. The van der Waals surface area contributed by atoms with Crippen LogP contribution in [0.2, 0.25) is 0 Å². The number of carbonyl (C=O) groups is 1. The van der Waals surface area contributed by atoms with Gasteiger partial charge in [-0.3, -0.25) is 4.79 Å². The third-order valence-corrected chi connectivity index (χ3v) is 5.59. The molecule has 1 saturated carbocycles. The summed E-state index contributed by atoms with van der Waals surface area (Å²) < 4.78 is 5.59. The van der Waals surface area contributed by atoms with E-state index in [1.165, 1.54) is 12.5 Å². The SMILES string of the molecule is CC(=O)OC1CC=C(C)C2CC(C(C)(C)O)CCC12C. The fourth-order valence-electron chi connectivity index (χ4n) is 4.15. The van der Waals surface area contributed by atoms with Crippen LogP contribution in [0.5, 0.6) is 0 Å². The largest absolute Gasteiger partial charge is 0.462 e. The Morgan fingerprint density at radius 2 is 2.15 bits per heavy atom. The number of carbonyl (C=O) groups excluding carboxylic acids is 1. The molecule has 1 N–H and O–H groups in total. The number of ether oxygens (including phenoxy) is 1. The van der Waals surface area contributed by atoms with E-state index >= 15 is 0 Å². The second kappa shape index (κ2) is 5.18. The Morgan fingerprint density at radius 3 is 2.70 bits per heavy atom. The van der Waals surface area contributed by atoms with E-state index in [-0.39, 0.29) is 17.5 Å². The molecule has 0 amide bonds. The van der Waals surface area contributed by atoms with Crippen molar-refractivity contribution in [3.8, 4) is 0 Å². The van der Waals surface area contributed by atoms with Gasteiger partial charge in [-0.2, -0.15) is 0 Å². The molecular formula is C17H28O3. The van der Waals surface area contributed by atoms with Crippen molar-refractivity contribution in [2.24, 2.45) is 17.3 Å². The van der Waals surface area contributed by atoms with Crippen LogP contribution in [-0.2, 0) is 9.53 Å². The van der Waals surface area contributed by atoms with Gasteiger partial charge in [-0.05, 0) is 51.9 Å². The molecule has 0 aliphatic heterocycles. The highest BCUT2D eigenvalue weighted by Gasteiger charge is 2.50. The summed E-state index contributed by atoms with van der Waals surface area (Å²) in [6.45, 7) is 9.74. The van der Waals surface area contributed by atoms with Crippen LogP contribution in [-0.4, -0.2) is 22.8 Å². The highest BCUT2D eigenvalue weighted by Crippen LogP contribution is 2.54. The van der Waals surface area contributed by atoms with Crippen molar-refractivity contribution in [1.82, 2.24) is 0 Å². The third kappa shape index (κ3) is 2.78. The molecule has 2 aliphatic rings.